The fourth-order valence-electron chi connectivity index (χ4n) is 1.60. The normalized spacial score (nSPS) is 11.9. The van der Waals surface area contributed by atoms with Gasteiger partial charge in [-0.1, -0.05) is 0 Å². The molecular weight excluding hydrogens is 236 g/mol. The number of hydrogen-bond donors (Lipinski definition) is 1. The van der Waals surface area contributed by atoms with Crippen molar-refractivity contribution >= 4 is 11.6 Å². The molecule has 0 heterocycles. The van der Waals surface area contributed by atoms with Crippen molar-refractivity contribution < 1.29 is 14.5 Å². The van der Waals surface area contributed by atoms with E-state index in [-0.39, 0.29) is 17.6 Å². The van der Waals surface area contributed by atoms with Crippen molar-refractivity contribution in [2.24, 2.45) is 0 Å². The Morgan fingerprint density at radius 2 is 2.22 bits per heavy atom. The Labute approximate surface area is 105 Å². The number of benzene rings is 1. The zero-order valence-corrected chi connectivity index (χ0v) is 10.6. The number of methoxy groups -OCH3 is 1. The van der Waals surface area contributed by atoms with Gasteiger partial charge in [0.1, 0.15) is 0 Å². The predicted octanol–water partition coefficient (Wildman–Crippen LogP) is 1.67. The molecule has 0 aliphatic rings. The van der Waals surface area contributed by atoms with Gasteiger partial charge in [-0.25, -0.2) is 0 Å². The Morgan fingerprint density at radius 3 is 2.72 bits per heavy atom. The number of nitrogens with one attached hydrogen (secondary N) is 1. The van der Waals surface area contributed by atoms with Gasteiger partial charge in [-0.05, 0) is 26.0 Å². The van der Waals surface area contributed by atoms with Crippen LogP contribution in [0.1, 0.15) is 22.8 Å². The van der Waals surface area contributed by atoms with E-state index in [0.717, 1.165) is 0 Å². The third-order valence-electron chi connectivity index (χ3n) is 2.45. The molecule has 6 heteroatoms. The first-order valence-corrected chi connectivity index (χ1v) is 5.50. The summed E-state index contributed by atoms with van der Waals surface area (Å²) >= 11 is 0. The zero-order chi connectivity index (χ0) is 13.7. The van der Waals surface area contributed by atoms with E-state index in [1.165, 1.54) is 18.2 Å². The number of carbonyl (C=O) groups is 1. The Hall–Kier alpha value is -1.95. The van der Waals surface area contributed by atoms with Gasteiger partial charge < -0.3 is 10.1 Å². The van der Waals surface area contributed by atoms with Gasteiger partial charge >= 0.3 is 0 Å². The van der Waals surface area contributed by atoms with E-state index in [0.29, 0.717) is 17.7 Å². The average Bonchev–Trinajstić information content (AvgIpc) is 2.28. The van der Waals surface area contributed by atoms with E-state index in [1.54, 1.807) is 14.0 Å². The molecule has 0 aliphatic heterocycles. The van der Waals surface area contributed by atoms with Crippen LogP contribution in [0.25, 0.3) is 0 Å². The molecule has 0 unspecified atom stereocenters. The van der Waals surface area contributed by atoms with E-state index < -0.39 is 4.92 Å². The number of carbonyl (C=O) groups excluding carboxylic acids is 1. The standard InChI is InChI=1S/C12H16N2O4/c1-8-6-10(4-5-11(8)14(16)17)12(15)13-9(2)7-18-3/h4-6,9H,7H2,1-3H3,(H,13,15)/t9-/m0/s1. The van der Waals surface area contributed by atoms with Crippen molar-refractivity contribution in [3.05, 3.63) is 39.4 Å². The Morgan fingerprint density at radius 1 is 1.56 bits per heavy atom. The van der Waals surface area contributed by atoms with Crippen molar-refractivity contribution in [1.82, 2.24) is 5.32 Å². The first-order chi connectivity index (χ1) is 8.45. The molecule has 1 amide bonds. The fraction of sp³-hybridized carbons (Fsp3) is 0.417. The van der Waals surface area contributed by atoms with Gasteiger partial charge in [-0.15, -0.1) is 0 Å². The van der Waals surface area contributed by atoms with Crippen LogP contribution in [0.5, 0.6) is 0 Å². The van der Waals surface area contributed by atoms with Gasteiger partial charge in [0.2, 0.25) is 0 Å². The van der Waals surface area contributed by atoms with Gasteiger partial charge in [0.05, 0.1) is 11.5 Å². The van der Waals surface area contributed by atoms with Crippen molar-refractivity contribution in [1.29, 1.82) is 0 Å². The highest BCUT2D eigenvalue weighted by Gasteiger charge is 2.14. The molecule has 0 saturated carbocycles. The summed E-state index contributed by atoms with van der Waals surface area (Å²) in [6.45, 7) is 3.84. The Balaban J connectivity index is 2.81. The van der Waals surface area contributed by atoms with E-state index >= 15 is 0 Å². The largest absolute Gasteiger partial charge is 0.383 e. The van der Waals surface area contributed by atoms with Crippen LogP contribution in [0.2, 0.25) is 0 Å². The second-order valence-corrected chi connectivity index (χ2v) is 4.09. The van der Waals surface area contributed by atoms with Gasteiger partial charge in [0.25, 0.3) is 11.6 Å². The highest BCUT2D eigenvalue weighted by Crippen LogP contribution is 2.18. The molecule has 0 aromatic heterocycles. The molecule has 1 aromatic rings. The van der Waals surface area contributed by atoms with Gasteiger partial charge in [0.15, 0.2) is 0 Å². The van der Waals surface area contributed by atoms with Crippen LogP contribution in [0.4, 0.5) is 5.69 Å². The van der Waals surface area contributed by atoms with Crippen LogP contribution in [0, 0.1) is 17.0 Å². The third kappa shape index (κ3) is 3.53. The maximum Gasteiger partial charge on any atom is 0.272 e. The summed E-state index contributed by atoms with van der Waals surface area (Å²) in [7, 11) is 1.55. The predicted molar refractivity (Wildman–Crippen MR) is 66.6 cm³/mol. The molecule has 1 aromatic carbocycles. The van der Waals surface area contributed by atoms with Gasteiger partial charge in [-0.3, -0.25) is 14.9 Å². The summed E-state index contributed by atoms with van der Waals surface area (Å²) in [4.78, 5) is 22.0. The number of nitrogens with zero attached hydrogens (tertiary/aromatic N) is 1. The summed E-state index contributed by atoms with van der Waals surface area (Å²) in [6.07, 6.45) is 0. The van der Waals surface area contributed by atoms with Crippen molar-refractivity contribution in [2.45, 2.75) is 19.9 Å². The van der Waals surface area contributed by atoms with E-state index in [2.05, 4.69) is 5.32 Å². The molecule has 1 N–H and O–H groups in total. The lowest BCUT2D eigenvalue weighted by Gasteiger charge is -2.12. The minimum Gasteiger partial charge on any atom is -0.383 e. The van der Waals surface area contributed by atoms with Crippen LogP contribution in [-0.4, -0.2) is 30.6 Å². The maximum absolute atomic E-state index is 11.8. The Bertz CT molecular complexity index is 459. The summed E-state index contributed by atoms with van der Waals surface area (Å²) in [5, 5.41) is 13.4. The monoisotopic (exact) mass is 252 g/mol. The van der Waals surface area contributed by atoms with Crippen LogP contribution < -0.4 is 5.32 Å². The van der Waals surface area contributed by atoms with Crippen LogP contribution in [0.3, 0.4) is 0 Å². The summed E-state index contributed by atoms with van der Waals surface area (Å²) in [5.74, 6) is -0.266. The second kappa shape index (κ2) is 6.11. The molecule has 18 heavy (non-hydrogen) atoms. The molecule has 1 atom stereocenters. The topological polar surface area (TPSA) is 81.5 Å². The summed E-state index contributed by atoms with van der Waals surface area (Å²) < 4.78 is 4.91. The molecule has 0 radical (unpaired) electrons. The SMILES string of the molecule is COC[C@H](C)NC(=O)c1ccc([N+](=O)[O-])c(C)c1. The molecule has 1 rings (SSSR count). The number of ether oxygens (including phenoxy) is 1. The number of hydrogen-bond acceptors (Lipinski definition) is 4. The highest BCUT2D eigenvalue weighted by molar-refractivity contribution is 5.94. The summed E-state index contributed by atoms with van der Waals surface area (Å²) in [5.41, 5.74) is 0.879. The third-order valence-corrected chi connectivity index (χ3v) is 2.45. The lowest BCUT2D eigenvalue weighted by Crippen LogP contribution is -2.35. The number of nitro benzene ring substituents is 1. The van der Waals surface area contributed by atoms with E-state index in [1.807, 2.05) is 6.92 Å². The van der Waals surface area contributed by atoms with Crippen molar-refractivity contribution in [3.63, 3.8) is 0 Å². The minimum atomic E-state index is -0.468. The van der Waals surface area contributed by atoms with Crippen LogP contribution >= 0.6 is 0 Å². The number of amides is 1. The quantitative estimate of drug-likeness (QED) is 0.638. The van der Waals surface area contributed by atoms with Gasteiger partial charge in [0, 0.05) is 30.3 Å². The van der Waals surface area contributed by atoms with Crippen molar-refractivity contribution in [3.8, 4) is 0 Å². The fourth-order valence-corrected chi connectivity index (χ4v) is 1.60. The smallest absolute Gasteiger partial charge is 0.272 e. The molecule has 0 fully saturated rings. The molecule has 0 spiro atoms. The van der Waals surface area contributed by atoms with Crippen LogP contribution in [0.15, 0.2) is 18.2 Å². The minimum absolute atomic E-state index is 0.0106. The van der Waals surface area contributed by atoms with E-state index in [4.69, 9.17) is 4.74 Å². The second-order valence-electron chi connectivity index (χ2n) is 4.09. The van der Waals surface area contributed by atoms with Gasteiger partial charge in [-0.2, -0.15) is 0 Å². The lowest BCUT2D eigenvalue weighted by atomic mass is 10.1. The Kier molecular flexibility index (Phi) is 4.79. The number of aryl methyl sites for hydroxylation is 1. The number of rotatable bonds is 5. The lowest BCUT2D eigenvalue weighted by molar-refractivity contribution is -0.385. The zero-order valence-electron chi connectivity index (χ0n) is 10.6. The average molecular weight is 252 g/mol. The highest BCUT2D eigenvalue weighted by atomic mass is 16.6. The molecule has 0 aliphatic carbocycles. The summed E-state index contributed by atoms with van der Waals surface area (Å²) in [6, 6.07) is 4.18. The van der Waals surface area contributed by atoms with E-state index in [9.17, 15) is 14.9 Å². The first kappa shape index (κ1) is 14.1. The first-order valence-electron chi connectivity index (χ1n) is 5.50. The molecule has 0 saturated heterocycles. The maximum atomic E-state index is 11.8. The van der Waals surface area contributed by atoms with Crippen LogP contribution in [-0.2, 0) is 4.74 Å². The number of nitro groups is 1. The molecular formula is C12H16N2O4. The molecule has 6 nitrogen and oxygen atoms in total. The van der Waals surface area contributed by atoms with Crippen molar-refractivity contribution in [2.75, 3.05) is 13.7 Å². The molecule has 0 bridgehead atoms. The molecule has 98 valence electrons.